The lowest BCUT2D eigenvalue weighted by Gasteiger charge is -2.30. The first-order chi connectivity index (χ1) is 9.69. The molecule has 1 atom stereocenters. The van der Waals surface area contributed by atoms with Gasteiger partial charge in [0.2, 0.25) is 0 Å². The molecule has 0 N–H and O–H groups in total. The monoisotopic (exact) mass is 295 g/mol. The number of rotatable bonds is 5. The summed E-state index contributed by atoms with van der Waals surface area (Å²) in [5.41, 5.74) is 2.40. The van der Waals surface area contributed by atoms with Crippen molar-refractivity contribution in [1.29, 1.82) is 0 Å². The molecule has 0 aromatic rings. The van der Waals surface area contributed by atoms with Crippen molar-refractivity contribution in [2.45, 2.75) is 19.4 Å². The predicted molar refractivity (Wildman–Crippen MR) is 87.3 cm³/mol. The fraction of sp³-hybridized carbons (Fsp3) is 0.667. The summed E-state index contributed by atoms with van der Waals surface area (Å²) in [7, 11) is 1.82. The molecule has 2 aliphatic heterocycles. The van der Waals surface area contributed by atoms with Crippen LogP contribution in [-0.4, -0.2) is 68.3 Å². The van der Waals surface area contributed by atoms with Crippen molar-refractivity contribution in [2.24, 2.45) is 4.99 Å². The zero-order valence-electron chi connectivity index (χ0n) is 12.8. The highest BCUT2D eigenvalue weighted by Crippen LogP contribution is 2.38. The normalized spacial score (nSPS) is 25.2. The van der Waals surface area contributed by atoms with Crippen LogP contribution in [0.15, 0.2) is 27.7 Å². The molecule has 0 amide bonds. The summed E-state index contributed by atoms with van der Waals surface area (Å²) in [5.74, 6) is 0. The molecule has 112 valence electrons. The van der Waals surface area contributed by atoms with E-state index in [9.17, 15) is 0 Å². The Labute approximate surface area is 126 Å². The second-order valence-electron chi connectivity index (χ2n) is 5.18. The molecule has 2 aliphatic rings. The summed E-state index contributed by atoms with van der Waals surface area (Å²) in [6.45, 7) is 11.3. The predicted octanol–water partition coefficient (Wildman–Crippen LogP) is 2.20. The summed E-state index contributed by atoms with van der Waals surface area (Å²) in [6, 6.07) is 0.393. The van der Waals surface area contributed by atoms with Gasteiger partial charge in [-0.2, -0.15) is 0 Å². The van der Waals surface area contributed by atoms with E-state index in [1.54, 1.807) is 0 Å². The maximum atomic E-state index is 5.41. The van der Waals surface area contributed by atoms with Gasteiger partial charge >= 0.3 is 0 Å². The van der Waals surface area contributed by atoms with Gasteiger partial charge in [0.25, 0.3) is 0 Å². The van der Waals surface area contributed by atoms with E-state index in [0.717, 1.165) is 45.0 Å². The third-order valence-electron chi connectivity index (χ3n) is 4.03. The third kappa shape index (κ3) is 3.27. The summed E-state index contributed by atoms with van der Waals surface area (Å²) in [5, 5.41) is 0. The van der Waals surface area contributed by atoms with Crippen LogP contribution in [-0.2, 0) is 4.74 Å². The van der Waals surface area contributed by atoms with Gasteiger partial charge in [-0.05, 0) is 25.2 Å². The van der Waals surface area contributed by atoms with Crippen LogP contribution in [0.1, 0.15) is 13.3 Å². The van der Waals surface area contributed by atoms with Gasteiger partial charge in [0, 0.05) is 37.3 Å². The van der Waals surface area contributed by atoms with E-state index < -0.39 is 0 Å². The molecule has 2 rings (SSSR count). The molecule has 0 aliphatic carbocycles. The van der Waals surface area contributed by atoms with Crippen molar-refractivity contribution in [1.82, 2.24) is 9.80 Å². The number of hydrogen-bond donors (Lipinski definition) is 0. The van der Waals surface area contributed by atoms with Crippen molar-refractivity contribution < 1.29 is 4.74 Å². The standard InChI is InChI=1S/C15H25N3OS/c1-12-13(2)18(11-16-3)14(15(12)20-4)5-6-17-7-9-19-10-8-17/h11,14H,2,5-10H2,1,3-4H3/b16-11-. The highest BCUT2D eigenvalue weighted by atomic mass is 32.2. The minimum atomic E-state index is 0.393. The van der Waals surface area contributed by atoms with Crippen LogP contribution in [0.2, 0.25) is 0 Å². The highest BCUT2D eigenvalue weighted by Gasteiger charge is 2.32. The lowest BCUT2D eigenvalue weighted by atomic mass is 10.1. The van der Waals surface area contributed by atoms with Gasteiger partial charge in [-0.25, -0.2) is 0 Å². The Balaban J connectivity index is 2.03. The van der Waals surface area contributed by atoms with E-state index in [1.807, 2.05) is 25.1 Å². The van der Waals surface area contributed by atoms with E-state index in [4.69, 9.17) is 4.74 Å². The minimum absolute atomic E-state index is 0.393. The largest absolute Gasteiger partial charge is 0.379 e. The van der Waals surface area contributed by atoms with E-state index in [-0.39, 0.29) is 0 Å². The van der Waals surface area contributed by atoms with E-state index >= 15 is 0 Å². The Kier molecular flexibility index (Phi) is 5.69. The molecule has 1 unspecified atom stereocenters. The molecule has 1 fully saturated rings. The van der Waals surface area contributed by atoms with Gasteiger partial charge < -0.3 is 9.64 Å². The fourth-order valence-electron chi connectivity index (χ4n) is 2.86. The van der Waals surface area contributed by atoms with Gasteiger partial charge in [-0.3, -0.25) is 9.89 Å². The molecule has 5 heteroatoms. The number of aliphatic imine (C=N–C) groups is 1. The minimum Gasteiger partial charge on any atom is -0.379 e. The van der Waals surface area contributed by atoms with Crippen molar-refractivity contribution in [3.05, 3.63) is 22.8 Å². The Morgan fingerprint density at radius 2 is 2.15 bits per heavy atom. The summed E-state index contributed by atoms with van der Waals surface area (Å²) < 4.78 is 5.41. The maximum absolute atomic E-state index is 5.41. The Morgan fingerprint density at radius 3 is 2.75 bits per heavy atom. The fourth-order valence-corrected chi connectivity index (χ4v) is 3.79. The van der Waals surface area contributed by atoms with Crippen LogP contribution in [0.5, 0.6) is 0 Å². The first-order valence-corrected chi connectivity index (χ1v) is 8.36. The summed E-state index contributed by atoms with van der Waals surface area (Å²) in [4.78, 5) is 10.3. The maximum Gasteiger partial charge on any atom is 0.0896 e. The van der Waals surface area contributed by atoms with Gasteiger partial charge in [0.1, 0.15) is 0 Å². The molecule has 0 aromatic heterocycles. The van der Waals surface area contributed by atoms with Crippen molar-refractivity contribution >= 4 is 18.1 Å². The molecule has 0 saturated carbocycles. The number of morpholine rings is 1. The molecular weight excluding hydrogens is 270 g/mol. The van der Waals surface area contributed by atoms with Gasteiger partial charge in [0.15, 0.2) is 0 Å². The molecule has 20 heavy (non-hydrogen) atoms. The van der Waals surface area contributed by atoms with E-state index in [1.165, 1.54) is 10.5 Å². The molecular formula is C15H25N3OS. The summed E-state index contributed by atoms with van der Waals surface area (Å²) in [6.07, 6.45) is 5.18. The Bertz CT molecular complexity index is 413. The van der Waals surface area contributed by atoms with Crippen molar-refractivity contribution in [3.8, 4) is 0 Å². The van der Waals surface area contributed by atoms with Gasteiger partial charge in [-0.15, -0.1) is 11.8 Å². The number of thioether (sulfide) groups is 1. The molecule has 0 aromatic carbocycles. The molecule has 0 bridgehead atoms. The topological polar surface area (TPSA) is 28.1 Å². The van der Waals surface area contributed by atoms with Crippen molar-refractivity contribution in [3.63, 3.8) is 0 Å². The number of ether oxygens (including phenoxy) is 1. The molecule has 0 spiro atoms. The zero-order chi connectivity index (χ0) is 14.5. The quantitative estimate of drug-likeness (QED) is 0.574. The average molecular weight is 295 g/mol. The second kappa shape index (κ2) is 7.29. The van der Waals surface area contributed by atoms with Crippen LogP contribution in [0, 0.1) is 0 Å². The van der Waals surface area contributed by atoms with Gasteiger partial charge in [-0.1, -0.05) is 6.58 Å². The highest BCUT2D eigenvalue weighted by molar-refractivity contribution is 8.02. The molecule has 0 radical (unpaired) electrons. The smallest absolute Gasteiger partial charge is 0.0896 e. The Hall–Kier alpha value is -0.780. The van der Waals surface area contributed by atoms with Crippen LogP contribution in [0.25, 0.3) is 0 Å². The zero-order valence-corrected chi connectivity index (χ0v) is 13.6. The molecule has 2 heterocycles. The lowest BCUT2D eigenvalue weighted by molar-refractivity contribution is 0.0361. The lowest BCUT2D eigenvalue weighted by Crippen LogP contribution is -2.39. The van der Waals surface area contributed by atoms with E-state index in [0.29, 0.717) is 6.04 Å². The van der Waals surface area contributed by atoms with Crippen LogP contribution >= 0.6 is 11.8 Å². The first kappa shape index (κ1) is 15.6. The van der Waals surface area contributed by atoms with Crippen LogP contribution < -0.4 is 0 Å². The molecule has 1 saturated heterocycles. The number of hydrogen-bond acceptors (Lipinski definition) is 4. The van der Waals surface area contributed by atoms with Crippen molar-refractivity contribution in [2.75, 3.05) is 46.2 Å². The van der Waals surface area contributed by atoms with Gasteiger partial charge in [0.05, 0.1) is 25.6 Å². The first-order valence-electron chi connectivity index (χ1n) is 7.13. The Morgan fingerprint density at radius 1 is 1.45 bits per heavy atom. The van der Waals surface area contributed by atoms with Crippen LogP contribution in [0.4, 0.5) is 0 Å². The SMILES string of the molecule is C=C1C(C)=C(SC)C(CCN2CCOCC2)N1/C=N\C. The number of nitrogens with zero attached hydrogens (tertiary/aromatic N) is 3. The third-order valence-corrected chi connectivity index (χ3v) is 5.05. The van der Waals surface area contributed by atoms with Crippen LogP contribution in [0.3, 0.4) is 0 Å². The molecule has 4 nitrogen and oxygen atoms in total. The average Bonchev–Trinajstić information content (AvgIpc) is 2.70. The van der Waals surface area contributed by atoms with E-state index in [2.05, 4.69) is 34.6 Å². The number of allylic oxidation sites excluding steroid dienone is 1. The second-order valence-corrected chi connectivity index (χ2v) is 6.03. The summed E-state index contributed by atoms with van der Waals surface area (Å²) >= 11 is 1.84.